The molecule has 2 aromatic rings. The third-order valence-electron chi connectivity index (χ3n) is 15.1. The lowest BCUT2D eigenvalue weighted by atomic mass is 10.00. The lowest BCUT2D eigenvalue weighted by molar-refractivity contribution is -0.137. The highest BCUT2D eigenvalue weighted by molar-refractivity contribution is 5.99. The molecule has 1 fully saturated rings. The van der Waals surface area contributed by atoms with Crippen molar-refractivity contribution in [2.75, 3.05) is 39.3 Å². The first-order valence-corrected chi connectivity index (χ1v) is 31.1. The highest BCUT2D eigenvalue weighted by Crippen LogP contribution is 2.14. The second kappa shape index (κ2) is 40.8. The van der Waals surface area contributed by atoms with Crippen LogP contribution in [0, 0.1) is 11.8 Å². The zero-order chi connectivity index (χ0) is 66.0. The van der Waals surface area contributed by atoms with Crippen molar-refractivity contribution in [3.8, 4) is 0 Å². The van der Waals surface area contributed by atoms with E-state index in [-0.39, 0.29) is 103 Å². The molecule has 12 atom stereocenters. The third kappa shape index (κ3) is 27.3. The predicted octanol–water partition coefficient (Wildman–Crippen LogP) is -3.38. The van der Waals surface area contributed by atoms with Crippen LogP contribution >= 0.6 is 0 Å². The van der Waals surface area contributed by atoms with E-state index in [1.54, 1.807) is 74.5 Å². The van der Waals surface area contributed by atoms with E-state index >= 15 is 0 Å². The molecule has 0 saturated carbocycles. The van der Waals surface area contributed by atoms with E-state index in [4.69, 9.17) is 28.7 Å². The summed E-state index contributed by atoms with van der Waals surface area (Å²) in [4.78, 5) is 156. The van der Waals surface area contributed by atoms with E-state index in [0.717, 1.165) is 19.3 Å². The van der Waals surface area contributed by atoms with E-state index in [9.17, 15) is 57.8 Å². The zero-order valence-electron chi connectivity index (χ0n) is 52.2. The van der Waals surface area contributed by atoms with Crippen LogP contribution in [0.2, 0.25) is 0 Å². The number of carbonyl (C=O) groups excluding carboxylic acids is 11. The largest absolute Gasteiger partial charge is 0.391 e. The Morgan fingerprint density at radius 3 is 1.42 bits per heavy atom. The number of nitrogens with two attached hydrogens (primary N) is 5. The van der Waals surface area contributed by atoms with Crippen molar-refractivity contribution >= 4 is 65.0 Å². The first kappa shape index (κ1) is 75.6. The Labute approximate surface area is 522 Å². The van der Waals surface area contributed by atoms with Gasteiger partial charge in [0.05, 0.1) is 6.10 Å². The van der Waals surface area contributed by atoms with Crippen molar-refractivity contribution in [3.05, 3.63) is 71.8 Å². The quantitative estimate of drug-likeness (QED) is 0.0339. The van der Waals surface area contributed by atoms with E-state index in [1.165, 1.54) is 6.92 Å². The van der Waals surface area contributed by atoms with Gasteiger partial charge >= 0.3 is 0 Å². The van der Waals surface area contributed by atoms with Crippen LogP contribution in [0.1, 0.15) is 123 Å². The van der Waals surface area contributed by atoms with Crippen LogP contribution in [0.3, 0.4) is 0 Å². The maximum absolute atomic E-state index is 14.7. The van der Waals surface area contributed by atoms with Gasteiger partial charge in [-0.15, -0.1) is 0 Å². The van der Waals surface area contributed by atoms with Gasteiger partial charge in [-0.25, -0.2) is 0 Å². The Balaban J connectivity index is 2.12. The third-order valence-corrected chi connectivity index (χ3v) is 15.1. The van der Waals surface area contributed by atoms with Crippen molar-refractivity contribution in [1.82, 2.24) is 58.5 Å². The van der Waals surface area contributed by atoms with Gasteiger partial charge < -0.3 is 92.3 Å². The monoisotopic (exact) mass is 1250 g/mol. The Morgan fingerprint density at radius 2 is 0.955 bits per heavy atom. The Kier molecular flexibility index (Phi) is 34.7. The summed E-state index contributed by atoms with van der Waals surface area (Å²) in [6, 6.07) is 3.05. The average molecular weight is 1250 g/mol. The number of benzene rings is 2. The van der Waals surface area contributed by atoms with Crippen LogP contribution in [-0.4, -0.2) is 176 Å². The molecule has 0 bridgehead atoms. The molecule has 0 unspecified atom stereocenters. The standard InChI is InChI=1S/C61H100N16O12/c1-6-37(4)15-13-14-20-50(79)68-41(21-27-62)58(86)77-51(38(5)78)61(89)73-45(25-31-66)54(82)72-46-26-32-67-52(80)48(34-39-16-9-7-10-17-39)75-55(83)43(23-29-64)69-53(81)42(22-28-63)71-59(87)47(33-36(2)3)74-60(88)49(35-40-18-11-8-12-19-40)76-56(84)44(24-30-65)70-57(46)85/h7-12,16-19,36-38,41-49,51,78H,6,13-15,20-35,62-66H2,1-5H3,(H,67,80)(H,68,79)(H,69,81)(H,70,85)(H,71,87)(H,72,82)(H,73,89)(H,74,88)(H,75,83)(H,76,84)(H,77,86)/t37-,38+,41-,42-,43-,44-,45-,46-,47-,48-,49+,51-/m0/s1. The average Bonchev–Trinajstić information content (AvgIpc) is 3.15. The molecule has 0 radical (unpaired) electrons. The number of aliphatic hydroxyl groups excluding tert-OH is 1. The molecule has 496 valence electrons. The predicted molar refractivity (Wildman–Crippen MR) is 335 cm³/mol. The number of unbranched alkanes of at least 4 members (excludes halogenated alkanes) is 1. The highest BCUT2D eigenvalue weighted by atomic mass is 16.3. The molecule has 0 aromatic heterocycles. The minimum absolute atomic E-state index is 0.00934. The molecule has 1 aliphatic heterocycles. The zero-order valence-corrected chi connectivity index (χ0v) is 52.2. The van der Waals surface area contributed by atoms with Gasteiger partial charge in [-0.1, -0.05) is 108 Å². The number of rotatable bonds is 30. The smallest absolute Gasteiger partial charge is 0.245 e. The summed E-state index contributed by atoms with van der Waals surface area (Å²) in [7, 11) is 0. The molecule has 0 aliphatic carbocycles. The van der Waals surface area contributed by atoms with Gasteiger partial charge in [-0.3, -0.25) is 52.7 Å². The Bertz CT molecular complexity index is 2580. The number of nitrogens with one attached hydrogen (secondary N) is 11. The number of aliphatic hydroxyl groups is 1. The van der Waals surface area contributed by atoms with Gasteiger partial charge in [0.15, 0.2) is 0 Å². The lowest BCUT2D eigenvalue weighted by Crippen LogP contribution is -2.62. The molecular weight excluding hydrogens is 1150 g/mol. The first-order valence-electron chi connectivity index (χ1n) is 31.1. The normalized spacial score (nSPS) is 22.0. The number of hydrogen-bond donors (Lipinski definition) is 17. The molecule has 3 rings (SSSR count). The molecular formula is C61H100N16O12. The van der Waals surface area contributed by atoms with Crippen LogP contribution in [0.4, 0.5) is 0 Å². The van der Waals surface area contributed by atoms with E-state index in [1.807, 2.05) is 0 Å². The fourth-order valence-electron chi connectivity index (χ4n) is 9.81. The number of carbonyl (C=O) groups is 11. The fourth-order valence-corrected chi connectivity index (χ4v) is 9.81. The second-order valence-corrected chi connectivity index (χ2v) is 23.1. The van der Waals surface area contributed by atoms with Crippen LogP contribution in [0.5, 0.6) is 0 Å². The maximum Gasteiger partial charge on any atom is 0.245 e. The summed E-state index contributed by atoms with van der Waals surface area (Å²) >= 11 is 0. The summed E-state index contributed by atoms with van der Waals surface area (Å²) in [5.41, 5.74) is 30.9. The fraction of sp³-hybridized carbons (Fsp3) is 0.623. The number of amides is 11. The molecule has 22 N–H and O–H groups in total. The molecule has 1 aliphatic rings. The molecule has 1 saturated heterocycles. The molecule has 2 aromatic carbocycles. The minimum atomic E-state index is -1.69. The summed E-state index contributed by atoms with van der Waals surface area (Å²) in [5, 5.41) is 39.9. The summed E-state index contributed by atoms with van der Waals surface area (Å²) in [6.07, 6.45) is 0.701. The van der Waals surface area contributed by atoms with Crippen LogP contribution in [-0.2, 0) is 65.6 Å². The number of hydrogen-bond acceptors (Lipinski definition) is 17. The molecule has 11 amide bonds. The van der Waals surface area contributed by atoms with Gasteiger partial charge in [0.2, 0.25) is 65.0 Å². The Morgan fingerprint density at radius 1 is 0.517 bits per heavy atom. The Hall–Kier alpha value is -7.63. The van der Waals surface area contributed by atoms with Crippen molar-refractivity contribution in [2.24, 2.45) is 40.5 Å². The summed E-state index contributed by atoms with van der Waals surface area (Å²) < 4.78 is 0. The van der Waals surface area contributed by atoms with E-state index in [2.05, 4.69) is 72.3 Å². The van der Waals surface area contributed by atoms with Gasteiger partial charge in [-0.05, 0) is 114 Å². The van der Waals surface area contributed by atoms with Gasteiger partial charge in [0, 0.05) is 25.8 Å². The van der Waals surface area contributed by atoms with Crippen molar-refractivity contribution in [1.29, 1.82) is 0 Å². The van der Waals surface area contributed by atoms with Crippen molar-refractivity contribution < 1.29 is 57.8 Å². The summed E-state index contributed by atoms with van der Waals surface area (Å²) in [5.74, 6) is -8.85. The molecule has 89 heavy (non-hydrogen) atoms. The second-order valence-electron chi connectivity index (χ2n) is 23.1. The van der Waals surface area contributed by atoms with Crippen LogP contribution in [0.25, 0.3) is 0 Å². The van der Waals surface area contributed by atoms with E-state index < -0.39 is 138 Å². The molecule has 28 heteroatoms. The molecule has 0 spiro atoms. The van der Waals surface area contributed by atoms with Gasteiger partial charge in [0.1, 0.15) is 60.4 Å². The van der Waals surface area contributed by atoms with E-state index in [0.29, 0.717) is 23.5 Å². The molecule has 1 heterocycles. The van der Waals surface area contributed by atoms with Gasteiger partial charge in [-0.2, -0.15) is 0 Å². The topological polar surface area (TPSA) is 470 Å². The van der Waals surface area contributed by atoms with Crippen molar-refractivity contribution in [3.63, 3.8) is 0 Å². The SMILES string of the molecule is CC[C@H](C)CCCCC(=O)N[C@@H](CCN)C(=O)N[C@H](C(=O)N[C@@H](CCN)C(=O)N[C@H]1CCNC(=O)[C@H](Cc2ccccc2)NC(=O)[C@H](CCN)NC(=O)[C@H](CCN)NC(=O)[C@H](CC(C)C)NC(=O)[C@@H](Cc2ccccc2)NC(=O)[C@H](CCN)NC1=O)[C@@H](C)O. The minimum Gasteiger partial charge on any atom is -0.391 e. The maximum atomic E-state index is 14.7. The van der Waals surface area contributed by atoms with Crippen molar-refractivity contribution in [2.45, 2.75) is 191 Å². The first-order chi connectivity index (χ1) is 42.5. The highest BCUT2D eigenvalue weighted by Gasteiger charge is 2.37. The molecule has 28 nitrogen and oxygen atoms in total. The summed E-state index contributed by atoms with van der Waals surface area (Å²) in [6.45, 7) is 8.06. The lowest BCUT2D eigenvalue weighted by Gasteiger charge is -2.29. The van der Waals surface area contributed by atoms with Crippen LogP contribution in [0.15, 0.2) is 60.7 Å². The van der Waals surface area contributed by atoms with Crippen LogP contribution < -0.4 is 87.2 Å². The van der Waals surface area contributed by atoms with Gasteiger partial charge in [0.25, 0.3) is 0 Å².